The highest BCUT2D eigenvalue weighted by atomic mass is 16.4. The van der Waals surface area contributed by atoms with E-state index in [4.69, 9.17) is 10.2 Å². The molecule has 0 saturated heterocycles. The monoisotopic (exact) mass is 239 g/mol. The lowest BCUT2D eigenvalue weighted by atomic mass is 10.3. The molecule has 2 amide bonds. The molecule has 0 spiro atoms. The van der Waals surface area contributed by atoms with E-state index in [0.717, 1.165) is 0 Å². The van der Waals surface area contributed by atoms with Crippen LogP contribution in [0, 0.1) is 0 Å². The van der Waals surface area contributed by atoms with Crippen LogP contribution >= 0.6 is 0 Å². The van der Waals surface area contributed by atoms with Gasteiger partial charge in [0.2, 0.25) is 0 Å². The molecule has 3 N–H and O–H groups in total. The summed E-state index contributed by atoms with van der Waals surface area (Å²) >= 11 is 0. The van der Waals surface area contributed by atoms with Gasteiger partial charge in [-0.3, -0.25) is 9.88 Å². The van der Waals surface area contributed by atoms with Crippen molar-refractivity contribution in [3.05, 3.63) is 24.5 Å². The molecule has 7 nitrogen and oxygen atoms in total. The molecule has 7 heteroatoms. The van der Waals surface area contributed by atoms with Crippen molar-refractivity contribution < 1.29 is 19.8 Å². The highest BCUT2D eigenvalue weighted by Gasteiger charge is 2.21. The maximum absolute atomic E-state index is 11.6. The fraction of sp³-hybridized carbons (Fsp3) is 0.300. The fourth-order valence-electron chi connectivity index (χ4n) is 1.10. The van der Waals surface area contributed by atoms with E-state index in [-0.39, 0.29) is 0 Å². The number of pyridine rings is 1. The third kappa shape index (κ3) is 3.42. The Kier molecular flexibility index (Phi) is 4.41. The number of carboxylic acid groups (broad SMARTS) is 1. The number of aliphatic hydroxyl groups excluding tert-OH is 1. The molecule has 0 aliphatic carbocycles. The Labute approximate surface area is 97.7 Å². The molecule has 1 rings (SSSR count). The first-order valence-corrected chi connectivity index (χ1v) is 4.84. The summed E-state index contributed by atoms with van der Waals surface area (Å²) in [6, 6.07) is 1.36. The van der Waals surface area contributed by atoms with Crippen molar-refractivity contribution in [2.75, 3.05) is 18.6 Å². The summed E-state index contributed by atoms with van der Waals surface area (Å²) in [5, 5.41) is 19.6. The number of hydrogen-bond donors (Lipinski definition) is 3. The van der Waals surface area contributed by atoms with E-state index in [1.165, 1.54) is 18.1 Å². The average Bonchev–Trinajstić information content (AvgIpc) is 2.35. The number of aromatic nitrogens is 1. The van der Waals surface area contributed by atoms with Gasteiger partial charge >= 0.3 is 12.0 Å². The molecule has 0 aliphatic rings. The van der Waals surface area contributed by atoms with Crippen molar-refractivity contribution in [2.24, 2.45) is 0 Å². The SMILES string of the molecule is CN(C(=O)N[C@@H](CO)C(=O)O)c1cccnc1. The van der Waals surface area contributed by atoms with Crippen LogP contribution in [0.25, 0.3) is 0 Å². The molecule has 0 aromatic carbocycles. The van der Waals surface area contributed by atoms with Gasteiger partial charge in [-0.1, -0.05) is 0 Å². The van der Waals surface area contributed by atoms with E-state index in [2.05, 4.69) is 10.3 Å². The lowest BCUT2D eigenvalue weighted by Gasteiger charge is -2.20. The van der Waals surface area contributed by atoms with Crippen molar-refractivity contribution in [1.82, 2.24) is 10.3 Å². The normalized spacial score (nSPS) is 11.6. The number of anilines is 1. The summed E-state index contributed by atoms with van der Waals surface area (Å²) in [5.41, 5.74) is 0.520. The highest BCUT2D eigenvalue weighted by Crippen LogP contribution is 2.09. The summed E-state index contributed by atoms with van der Waals surface area (Å²) in [7, 11) is 1.47. The number of nitrogens with one attached hydrogen (secondary N) is 1. The van der Waals surface area contributed by atoms with Gasteiger partial charge in [-0.25, -0.2) is 9.59 Å². The van der Waals surface area contributed by atoms with Crippen LogP contribution in [0.15, 0.2) is 24.5 Å². The zero-order valence-electron chi connectivity index (χ0n) is 9.20. The Morgan fingerprint density at radius 2 is 2.29 bits per heavy atom. The Hall–Kier alpha value is -2.15. The first-order chi connectivity index (χ1) is 8.06. The van der Waals surface area contributed by atoms with Crippen LogP contribution in [0.3, 0.4) is 0 Å². The number of urea groups is 1. The molecule has 0 saturated carbocycles. The van der Waals surface area contributed by atoms with Crippen LogP contribution in [-0.2, 0) is 4.79 Å². The third-order valence-electron chi connectivity index (χ3n) is 2.12. The molecule has 92 valence electrons. The molecule has 1 heterocycles. The minimum Gasteiger partial charge on any atom is -0.480 e. The summed E-state index contributed by atoms with van der Waals surface area (Å²) in [5.74, 6) is -1.29. The Balaban J connectivity index is 2.68. The van der Waals surface area contributed by atoms with E-state index in [1.807, 2.05) is 0 Å². The predicted molar refractivity (Wildman–Crippen MR) is 59.7 cm³/mol. The molecule has 0 aliphatic heterocycles. The predicted octanol–water partition coefficient (Wildman–Crippen LogP) is -0.327. The fourth-order valence-corrected chi connectivity index (χ4v) is 1.10. The molecule has 0 bridgehead atoms. The minimum absolute atomic E-state index is 0.520. The molecule has 1 aromatic rings. The smallest absolute Gasteiger partial charge is 0.328 e. The lowest BCUT2D eigenvalue weighted by Crippen LogP contribution is -2.48. The Morgan fingerprint density at radius 3 is 2.76 bits per heavy atom. The van der Waals surface area contributed by atoms with Crippen LogP contribution in [0.5, 0.6) is 0 Å². The summed E-state index contributed by atoms with van der Waals surface area (Å²) in [4.78, 5) is 27.3. The van der Waals surface area contributed by atoms with Gasteiger partial charge in [-0.05, 0) is 12.1 Å². The van der Waals surface area contributed by atoms with Crippen LogP contribution < -0.4 is 10.2 Å². The number of amides is 2. The number of carbonyl (C=O) groups excluding carboxylic acids is 1. The zero-order valence-corrected chi connectivity index (χ0v) is 9.20. The van der Waals surface area contributed by atoms with Gasteiger partial charge in [0.1, 0.15) is 0 Å². The molecule has 0 unspecified atom stereocenters. The number of carbonyl (C=O) groups is 2. The van der Waals surface area contributed by atoms with E-state index < -0.39 is 24.6 Å². The van der Waals surface area contributed by atoms with Gasteiger partial charge in [0.15, 0.2) is 6.04 Å². The topological polar surface area (TPSA) is 103 Å². The first-order valence-electron chi connectivity index (χ1n) is 4.84. The standard InChI is InChI=1S/C10H13N3O4/c1-13(7-3-2-4-11-5-7)10(17)12-8(6-14)9(15)16/h2-5,8,14H,6H2,1H3,(H,12,17)(H,15,16)/t8-/m0/s1. The van der Waals surface area contributed by atoms with Crippen LogP contribution in [0.4, 0.5) is 10.5 Å². The van der Waals surface area contributed by atoms with Crippen LogP contribution in [0.2, 0.25) is 0 Å². The van der Waals surface area contributed by atoms with Gasteiger partial charge in [-0.2, -0.15) is 0 Å². The molecular formula is C10H13N3O4. The van der Waals surface area contributed by atoms with Crippen LogP contribution in [-0.4, -0.2) is 46.9 Å². The average molecular weight is 239 g/mol. The maximum Gasteiger partial charge on any atom is 0.328 e. The van der Waals surface area contributed by atoms with Gasteiger partial charge in [-0.15, -0.1) is 0 Å². The minimum atomic E-state index is -1.32. The van der Waals surface area contributed by atoms with E-state index in [1.54, 1.807) is 18.3 Å². The molecule has 1 aromatic heterocycles. The lowest BCUT2D eigenvalue weighted by molar-refractivity contribution is -0.140. The molecule has 0 fully saturated rings. The second-order valence-electron chi connectivity index (χ2n) is 3.29. The van der Waals surface area contributed by atoms with Gasteiger partial charge in [0.25, 0.3) is 0 Å². The Morgan fingerprint density at radius 1 is 1.59 bits per heavy atom. The van der Waals surface area contributed by atoms with Crippen molar-refractivity contribution in [2.45, 2.75) is 6.04 Å². The molecule has 0 radical (unpaired) electrons. The summed E-state index contributed by atoms with van der Waals surface area (Å²) < 4.78 is 0. The molecular weight excluding hydrogens is 226 g/mol. The quantitative estimate of drug-likeness (QED) is 0.667. The van der Waals surface area contributed by atoms with Crippen molar-refractivity contribution in [1.29, 1.82) is 0 Å². The number of rotatable bonds is 4. The van der Waals surface area contributed by atoms with Crippen LogP contribution in [0.1, 0.15) is 0 Å². The molecule has 17 heavy (non-hydrogen) atoms. The van der Waals surface area contributed by atoms with Crippen molar-refractivity contribution in [3.8, 4) is 0 Å². The van der Waals surface area contributed by atoms with Gasteiger partial charge in [0.05, 0.1) is 18.5 Å². The first kappa shape index (κ1) is 12.9. The molecule has 1 atom stereocenters. The summed E-state index contributed by atoms with van der Waals surface area (Å²) in [6.07, 6.45) is 3.03. The van der Waals surface area contributed by atoms with Gasteiger partial charge < -0.3 is 15.5 Å². The largest absolute Gasteiger partial charge is 0.480 e. The zero-order chi connectivity index (χ0) is 12.8. The van der Waals surface area contributed by atoms with E-state index in [0.29, 0.717) is 5.69 Å². The van der Waals surface area contributed by atoms with E-state index in [9.17, 15) is 9.59 Å². The van der Waals surface area contributed by atoms with Crippen molar-refractivity contribution >= 4 is 17.7 Å². The van der Waals surface area contributed by atoms with Gasteiger partial charge in [0, 0.05) is 13.2 Å². The highest BCUT2D eigenvalue weighted by molar-refractivity contribution is 5.93. The number of nitrogens with zero attached hydrogens (tertiary/aromatic N) is 2. The second-order valence-corrected chi connectivity index (χ2v) is 3.29. The summed E-state index contributed by atoms with van der Waals surface area (Å²) in [6.45, 7) is -0.665. The number of aliphatic carboxylic acids is 1. The maximum atomic E-state index is 11.6. The Bertz CT molecular complexity index is 396. The second kappa shape index (κ2) is 5.80. The van der Waals surface area contributed by atoms with Crippen molar-refractivity contribution in [3.63, 3.8) is 0 Å². The number of aliphatic hydroxyl groups is 1. The van der Waals surface area contributed by atoms with E-state index >= 15 is 0 Å². The number of hydrogen-bond acceptors (Lipinski definition) is 4. The third-order valence-corrected chi connectivity index (χ3v) is 2.12. The number of carboxylic acids is 1.